The Morgan fingerprint density at radius 1 is 1.05 bits per heavy atom. The first-order valence-electron chi connectivity index (χ1n) is 5.79. The van der Waals surface area contributed by atoms with Crippen LogP contribution in [0, 0.1) is 5.82 Å². The van der Waals surface area contributed by atoms with Gasteiger partial charge in [0.05, 0.1) is 24.8 Å². The van der Waals surface area contributed by atoms with Gasteiger partial charge in [0.15, 0.2) is 17.3 Å². The Bertz CT molecular complexity index is 656. The van der Waals surface area contributed by atoms with Crippen LogP contribution in [-0.2, 0) is 0 Å². The summed E-state index contributed by atoms with van der Waals surface area (Å²) in [5.41, 5.74) is 0.121. The van der Waals surface area contributed by atoms with Crippen molar-refractivity contribution in [3.05, 3.63) is 58.4 Å². The fourth-order valence-electron chi connectivity index (χ4n) is 1.82. The summed E-state index contributed by atoms with van der Waals surface area (Å²) in [6, 6.07) is 8.90. The summed E-state index contributed by atoms with van der Waals surface area (Å²) in [5, 5.41) is 0.270. The molecule has 0 N–H and O–H groups in total. The van der Waals surface area contributed by atoms with Crippen LogP contribution < -0.4 is 9.47 Å². The second kappa shape index (κ2) is 5.92. The standard InChI is InChI=1S/C15H12ClFO3/c1-19-13-7-10(12(17)8-14(13)20-2)15(18)9-5-3-4-6-11(9)16/h3-8H,1-2H3. The molecule has 0 radical (unpaired) electrons. The lowest BCUT2D eigenvalue weighted by Crippen LogP contribution is -2.06. The molecule has 0 atom stereocenters. The molecular weight excluding hydrogens is 283 g/mol. The molecular formula is C15H12ClFO3. The molecule has 0 bridgehead atoms. The molecule has 0 saturated heterocycles. The predicted octanol–water partition coefficient (Wildman–Crippen LogP) is 3.73. The van der Waals surface area contributed by atoms with Gasteiger partial charge in [-0.1, -0.05) is 23.7 Å². The molecule has 2 aromatic carbocycles. The monoisotopic (exact) mass is 294 g/mol. The predicted molar refractivity (Wildman–Crippen MR) is 74.4 cm³/mol. The Morgan fingerprint density at radius 2 is 1.65 bits per heavy atom. The maximum atomic E-state index is 14.0. The van der Waals surface area contributed by atoms with Crippen molar-refractivity contribution in [2.75, 3.05) is 14.2 Å². The highest BCUT2D eigenvalue weighted by atomic mass is 35.5. The quantitative estimate of drug-likeness (QED) is 0.806. The third-order valence-corrected chi connectivity index (χ3v) is 3.17. The number of ketones is 1. The average Bonchev–Trinajstić information content (AvgIpc) is 2.46. The topological polar surface area (TPSA) is 35.5 Å². The molecule has 0 heterocycles. The van der Waals surface area contributed by atoms with E-state index in [0.29, 0.717) is 0 Å². The third kappa shape index (κ3) is 2.60. The molecule has 0 aliphatic carbocycles. The van der Waals surface area contributed by atoms with Gasteiger partial charge in [-0.05, 0) is 18.2 Å². The molecule has 104 valence electrons. The van der Waals surface area contributed by atoms with E-state index in [1.807, 2.05) is 0 Å². The summed E-state index contributed by atoms with van der Waals surface area (Å²) >= 11 is 5.95. The van der Waals surface area contributed by atoms with Gasteiger partial charge < -0.3 is 9.47 Å². The molecule has 20 heavy (non-hydrogen) atoms. The normalized spacial score (nSPS) is 10.2. The molecule has 0 spiro atoms. The highest BCUT2D eigenvalue weighted by Crippen LogP contribution is 2.31. The van der Waals surface area contributed by atoms with Crippen molar-refractivity contribution in [1.29, 1.82) is 0 Å². The Hall–Kier alpha value is -2.07. The van der Waals surface area contributed by atoms with Crippen molar-refractivity contribution >= 4 is 17.4 Å². The van der Waals surface area contributed by atoms with E-state index < -0.39 is 11.6 Å². The van der Waals surface area contributed by atoms with Crippen LogP contribution in [0.4, 0.5) is 4.39 Å². The van der Waals surface area contributed by atoms with Crippen LogP contribution >= 0.6 is 11.6 Å². The van der Waals surface area contributed by atoms with Crippen LogP contribution in [0.25, 0.3) is 0 Å². The van der Waals surface area contributed by atoms with Crippen molar-refractivity contribution in [2.45, 2.75) is 0 Å². The van der Waals surface area contributed by atoms with Gasteiger partial charge in [-0.15, -0.1) is 0 Å². The number of halogens is 2. The zero-order chi connectivity index (χ0) is 14.7. The Labute approximate surface area is 120 Å². The molecule has 0 amide bonds. The van der Waals surface area contributed by atoms with Crippen LogP contribution in [0.2, 0.25) is 5.02 Å². The first-order chi connectivity index (χ1) is 9.58. The van der Waals surface area contributed by atoms with Gasteiger partial charge in [0, 0.05) is 11.6 Å². The minimum absolute atomic E-state index is 0.115. The van der Waals surface area contributed by atoms with Gasteiger partial charge in [-0.3, -0.25) is 4.79 Å². The fraction of sp³-hybridized carbons (Fsp3) is 0.133. The Kier molecular flexibility index (Phi) is 4.25. The van der Waals surface area contributed by atoms with E-state index in [1.54, 1.807) is 24.3 Å². The minimum atomic E-state index is -0.687. The third-order valence-electron chi connectivity index (χ3n) is 2.84. The molecule has 2 aromatic rings. The molecule has 5 heteroatoms. The van der Waals surface area contributed by atoms with Gasteiger partial charge in [0.2, 0.25) is 0 Å². The first-order valence-corrected chi connectivity index (χ1v) is 6.17. The fourth-order valence-corrected chi connectivity index (χ4v) is 2.04. The maximum Gasteiger partial charge on any atom is 0.197 e. The first kappa shape index (κ1) is 14.3. The summed E-state index contributed by atoms with van der Waals surface area (Å²) in [4.78, 5) is 12.3. The lowest BCUT2D eigenvalue weighted by molar-refractivity contribution is 0.103. The average molecular weight is 295 g/mol. The van der Waals surface area contributed by atoms with Gasteiger partial charge in [0.25, 0.3) is 0 Å². The smallest absolute Gasteiger partial charge is 0.197 e. The number of rotatable bonds is 4. The minimum Gasteiger partial charge on any atom is -0.493 e. The lowest BCUT2D eigenvalue weighted by Gasteiger charge is -2.11. The largest absolute Gasteiger partial charge is 0.493 e. The molecule has 2 rings (SSSR count). The number of ether oxygens (including phenoxy) is 2. The van der Waals surface area contributed by atoms with Gasteiger partial charge in [-0.25, -0.2) is 4.39 Å². The van der Waals surface area contributed by atoms with Gasteiger partial charge in [-0.2, -0.15) is 0 Å². The summed E-state index contributed by atoms with van der Waals surface area (Å²) in [6.07, 6.45) is 0. The molecule has 0 fully saturated rings. The van der Waals surface area contributed by atoms with Crippen LogP contribution in [0.1, 0.15) is 15.9 Å². The number of methoxy groups -OCH3 is 2. The summed E-state index contributed by atoms with van der Waals surface area (Å²) < 4.78 is 24.1. The van der Waals surface area contributed by atoms with Crippen molar-refractivity contribution in [3.8, 4) is 11.5 Å². The zero-order valence-corrected chi connectivity index (χ0v) is 11.7. The van der Waals surface area contributed by atoms with E-state index in [0.717, 1.165) is 6.07 Å². The van der Waals surface area contributed by atoms with E-state index in [-0.39, 0.29) is 27.6 Å². The van der Waals surface area contributed by atoms with Crippen LogP contribution in [0.3, 0.4) is 0 Å². The zero-order valence-electron chi connectivity index (χ0n) is 10.9. The number of benzene rings is 2. The Balaban J connectivity index is 2.53. The van der Waals surface area contributed by atoms with Crippen molar-refractivity contribution < 1.29 is 18.7 Å². The molecule has 3 nitrogen and oxygen atoms in total. The van der Waals surface area contributed by atoms with Gasteiger partial charge >= 0.3 is 0 Å². The molecule has 0 saturated carbocycles. The second-order valence-electron chi connectivity index (χ2n) is 4.00. The van der Waals surface area contributed by atoms with E-state index in [9.17, 15) is 9.18 Å². The second-order valence-corrected chi connectivity index (χ2v) is 4.40. The molecule has 0 aromatic heterocycles. The molecule has 0 aliphatic rings. The van der Waals surface area contributed by atoms with Crippen molar-refractivity contribution in [1.82, 2.24) is 0 Å². The van der Waals surface area contributed by atoms with E-state index in [1.165, 1.54) is 20.3 Å². The summed E-state index contributed by atoms with van der Waals surface area (Å²) in [7, 11) is 2.81. The number of hydrogen-bond acceptors (Lipinski definition) is 3. The highest BCUT2D eigenvalue weighted by Gasteiger charge is 2.20. The van der Waals surface area contributed by atoms with Gasteiger partial charge in [0.1, 0.15) is 5.82 Å². The van der Waals surface area contributed by atoms with E-state index in [2.05, 4.69) is 0 Å². The maximum absolute atomic E-state index is 14.0. The van der Waals surface area contributed by atoms with E-state index in [4.69, 9.17) is 21.1 Å². The number of hydrogen-bond donors (Lipinski definition) is 0. The number of carbonyl (C=O) groups excluding carboxylic acids is 1. The lowest BCUT2D eigenvalue weighted by atomic mass is 10.0. The molecule has 0 unspecified atom stereocenters. The summed E-state index contributed by atoms with van der Waals surface area (Å²) in [5.74, 6) is -0.688. The van der Waals surface area contributed by atoms with Crippen LogP contribution in [0.5, 0.6) is 11.5 Å². The van der Waals surface area contributed by atoms with Crippen LogP contribution in [0.15, 0.2) is 36.4 Å². The van der Waals surface area contributed by atoms with Crippen LogP contribution in [-0.4, -0.2) is 20.0 Å². The SMILES string of the molecule is COc1cc(F)c(C(=O)c2ccccc2Cl)cc1OC. The number of carbonyl (C=O) groups is 1. The molecule has 0 aliphatic heterocycles. The Morgan fingerprint density at radius 3 is 2.25 bits per heavy atom. The summed E-state index contributed by atoms with van der Waals surface area (Å²) in [6.45, 7) is 0. The van der Waals surface area contributed by atoms with E-state index >= 15 is 0 Å². The van der Waals surface area contributed by atoms with Crippen molar-refractivity contribution in [2.24, 2.45) is 0 Å². The highest BCUT2D eigenvalue weighted by molar-refractivity contribution is 6.35. The van der Waals surface area contributed by atoms with Crippen molar-refractivity contribution in [3.63, 3.8) is 0 Å².